The molecule has 2 aromatic heterocycles. The minimum absolute atomic E-state index is 0.717. The maximum atomic E-state index is 4.21. The first-order valence-electron chi connectivity index (χ1n) is 4.46. The molecule has 0 unspecified atom stereocenters. The summed E-state index contributed by atoms with van der Waals surface area (Å²) in [6.45, 7) is 0.717. The number of aromatic nitrogens is 3. The Hall–Kier alpha value is -1.84. The van der Waals surface area contributed by atoms with Crippen LogP contribution in [0.2, 0.25) is 0 Å². The molecule has 0 saturated heterocycles. The Morgan fingerprint density at radius 1 is 1.43 bits per heavy atom. The van der Waals surface area contributed by atoms with E-state index < -0.39 is 0 Å². The quantitative estimate of drug-likeness (QED) is 0.792. The number of hydrogen-bond donors (Lipinski definition) is 1. The highest BCUT2D eigenvalue weighted by Gasteiger charge is 1.97. The van der Waals surface area contributed by atoms with Crippen molar-refractivity contribution >= 4 is 5.69 Å². The summed E-state index contributed by atoms with van der Waals surface area (Å²) in [5, 5.41) is 3.24. The van der Waals surface area contributed by atoms with Crippen LogP contribution >= 0.6 is 0 Å². The average Bonchev–Trinajstić information content (AvgIpc) is 2.63. The molecule has 2 rings (SSSR count). The Morgan fingerprint density at radius 3 is 3.00 bits per heavy atom. The van der Waals surface area contributed by atoms with Crippen molar-refractivity contribution < 1.29 is 0 Å². The van der Waals surface area contributed by atoms with Crippen molar-refractivity contribution in [3.8, 4) is 0 Å². The zero-order valence-corrected chi connectivity index (χ0v) is 8.01. The summed E-state index contributed by atoms with van der Waals surface area (Å²) >= 11 is 0. The molecule has 2 heterocycles. The number of hydrogen-bond acceptors (Lipinski definition) is 3. The third kappa shape index (κ3) is 1.90. The van der Waals surface area contributed by atoms with Gasteiger partial charge in [0, 0.05) is 31.8 Å². The Morgan fingerprint density at radius 2 is 2.36 bits per heavy atom. The first-order valence-corrected chi connectivity index (χ1v) is 4.46. The number of imidazole rings is 1. The lowest BCUT2D eigenvalue weighted by molar-refractivity contribution is 0.812. The van der Waals surface area contributed by atoms with Crippen LogP contribution in [-0.2, 0) is 13.6 Å². The molecule has 4 heteroatoms. The Balaban J connectivity index is 1.99. The largest absolute Gasteiger partial charge is 0.377 e. The predicted octanol–water partition coefficient (Wildman–Crippen LogP) is 1.43. The van der Waals surface area contributed by atoms with E-state index in [1.165, 1.54) is 0 Å². The fourth-order valence-corrected chi connectivity index (χ4v) is 1.22. The van der Waals surface area contributed by atoms with E-state index >= 15 is 0 Å². The normalized spacial score (nSPS) is 10.1. The highest BCUT2D eigenvalue weighted by Crippen LogP contribution is 2.04. The maximum absolute atomic E-state index is 4.21. The first kappa shape index (κ1) is 8.74. The second-order valence-corrected chi connectivity index (χ2v) is 3.05. The summed E-state index contributed by atoms with van der Waals surface area (Å²) in [5.41, 5.74) is 1.01. The van der Waals surface area contributed by atoms with Crippen molar-refractivity contribution in [1.82, 2.24) is 14.5 Å². The highest BCUT2D eigenvalue weighted by molar-refractivity contribution is 5.39. The number of anilines is 1. The van der Waals surface area contributed by atoms with Gasteiger partial charge in [0.05, 0.1) is 12.2 Å². The smallest absolute Gasteiger partial charge is 0.127 e. The zero-order chi connectivity index (χ0) is 9.80. The molecule has 1 N–H and O–H groups in total. The van der Waals surface area contributed by atoms with E-state index in [1.807, 2.05) is 29.9 Å². The van der Waals surface area contributed by atoms with Gasteiger partial charge < -0.3 is 9.88 Å². The van der Waals surface area contributed by atoms with E-state index in [0.29, 0.717) is 0 Å². The van der Waals surface area contributed by atoms with Crippen LogP contribution in [0.25, 0.3) is 0 Å². The molecule has 0 fully saturated rings. The molecule has 14 heavy (non-hydrogen) atoms. The van der Waals surface area contributed by atoms with Crippen LogP contribution in [0.3, 0.4) is 0 Å². The number of nitrogens with one attached hydrogen (secondary N) is 1. The highest BCUT2D eigenvalue weighted by atomic mass is 15.1. The van der Waals surface area contributed by atoms with Crippen LogP contribution in [0.4, 0.5) is 5.69 Å². The zero-order valence-electron chi connectivity index (χ0n) is 8.01. The summed E-state index contributed by atoms with van der Waals surface area (Å²) in [6.07, 6.45) is 7.27. The molecule has 0 bridgehead atoms. The van der Waals surface area contributed by atoms with Crippen molar-refractivity contribution in [2.45, 2.75) is 6.54 Å². The van der Waals surface area contributed by atoms with Gasteiger partial charge in [0.1, 0.15) is 5.82 Å². The molecule has 2 aromatic rings. The molecular formula is C10H12N4. The van der Waals surface area contributed by atoms with Crippen LogP contribution in [0.5, 0.6) is 0 Å². The lowest BCUT2D eigenvalue weighted by Crippen LogP contribution is -2.05. The van der Waals surface area contributed by atoms with Gasteiger partial charge in [0.25, 0.3) is 0 Å². The fraction of sp³-hybridized carbons (Fsp3) is 0.200. The van der Waals surface area contributed by atoms with Gasteiger partial charge in [0.15, 0.2) is 0 Å². The summed E-state index contributed by atoms with van der Waals surface area (Å²) in [7, 11) is 1.98. The lowest BCUT2D eigenvalue weighted by atomic mass is 10.4. The molecule has 0 atom stereocenters. The SMILES string of the molecule is Cn1ccnc1CNc1cccnc1. The van der Waals surface area contributed by atoms with E-state index in [4.69, 9.17) is 0 Å². The van der Waals surface area contributed by atoms with E-state index in [0.717, 1.165) is 18.1 Å². The molecule has 0 aromatic carbocycles. The molecule has 0 amide bonds. The topological polar surface area (TPSA) is 42.7 Å². The molecule has 0 radical (unpaired) electrons. The molecule has 72 valence electrons. The summed E-state index contributed by atoms with van der Waals surface area (Å²) < 4.78 is 1.99. The Kier molecular flexibility index (Phi) is 2.44. The standard InChI is InChI=1S/C10H12N4/c1-14-6-5-12-10(14)8-13-9-3-2-4-11-7-9/h2-7,13H,8H2,1H3. The molecule has 0 aliphatic heterocycles. The van der Waals surface area contributed by atoms with Crippen molar-refractivity contribution in [2.75, 3.05) is 5.32 Å². The Bertz CT molecular complexity index is 394. The van der Waals surface area contributed by atoms with Crippen LogP contribution in [0, 0.1) is 0 Å². The van der Waals surface area contributed by atoms with Crippen LogP contribution in [0.1, 0.15) is 5.82 Å². The van der Waals surface area contributed by atoms with E-state index in [9.17, 15) is 0 Å². The van der Waals surface area contributed by atoms with Gasteiger partial charge in [-0.15, -0.1) is 0 Å². The van der Waals surface area contributed by atoms with Crippen molar-refractivity contribution in [3.63, 3.8) is 0 Å². The van der Waals surface area contributed by atoms with Gasteiger partial charge in [-0.1, -0.05) is 0 Å². The number of nitrogens with zero attached hydrogens (tertiary/aromatic N) is 3. The van der Waals surface area contributed by atoms with Crippen molar-refractivity contribution in [3.05, 3.63) is 42.7 Å². The van der Waals surface area contributed by atoms with E-state index in [-0.39, 0.29) is 0 Å². The second kappa shape index (κ2) is 3.91. The predicted molar refractivity (Wildman–Crippen MR) is 54.8 cm³/mol. The van der Waals surface area contributed by atoms with Crippen LogP contribution in [0.15, 0.2) is 36.9 Å². The second-order valence-electron chi connectivity index (χ2n) is 3.05. The molecule has 0 aliphatic rings. The van der Waals surface area contributed by atoms with Gasteiger partial charge in [-0.2, -0.15) is 0 Å². The minimum Gasteiger partial charge on any atom is -0.377 e. The summed E-state index contributed by atoms with van der Waals surface area (Å²) in [4.78, 5) is 8.23. The number of rotatable bonds is 3. The van der Waals surface area contributed by atoms with Crippen LogP contribution < -0.4 is 5.32 Å². The van der Waals surface area contributed by atoms with Gasteiger partial charge in [-0.25, -0.2) is 4.98 Å². The van der Waals surface area contributed by atoms with Gasteiger partial charge in [-0.05, 0) is 12.1 Å². The summed E-state index contributed by atoms with van der Waals surface area (Å²) in [6, 6.07) is 3.89. The Labute approximate surface area is 82.6 Å². The lowest BCUT2D eigenvalue weighted by Gasteiger charge is -2.04. The molecule has 0 saturated carbocycles. The van der Waals surface area contributed by atoms with Crippen molar-refractivity contribution in [1.29, 1.82) is 0 Å². The van der Waals surface area contributed by atoms with Gasteiger partial charge in [0.2, 0.25) is 0 Å². The fourth-order valence-electron chi connectivity index (χ4n) is 1.22. The number of aryl methyl sites for hydroxylation is 1. The van der Waals surface area contributed by atoms with E-state index in [1.54, 1.807) is 18.6 Å². The third-order valence-corrected chi connectivity index (χ3v) is 2.03. The van der Waals surface area contributed by atoms with Gasteiger partial charge >= 0.3 is 0 Å². The summed E-state index contributed by atoms with van der Waals surface area (Å²) in [5.74, 6) is 1.01. The molecule has 0 aliphatic carbocycles. The van der Waals surface area contributed by atoms with Crippen molar-refractivity contribution in [2.24, 2.45) is 7.05 Å². The van der Waals surface area contributed by atoms with E-state index in [2.05, 4.69) is 15.3 Å². The maximum Gasteiger partial charge on any atom is 0.127 e. The van der Waals surface area contributed by atoms with Gasteiger partial charge in [-0.3, -0.25) is 4.98 Å². The molecular weight excluding hydrogens is 176 g/mol. The number of pyridine rings is 1. The monoisotopic (exact) mass is 188 g/mol. The molecule has 4 nitrogen and oxygen atoms in total. The minimum atomic E-state index is 0.717. The average molecular weight is 188 g/mol. The van der Waals surface area contributed by atoms with Crippen LogP contribution in [-0.4, -0.2) is 14.5 Å². The third-order valence-electron chi connectivity index (χ3n) is 2.03. The molecule has 0 spiro atoms. The first-order chi connectivity index (χ1) is 6.86.